The molecule has 1 rings (SSSR count). The summed E-state index contributed by atoms with van der Waals surface area (Å²) in [6.07, 6.45) is -1.30. The maximum Gasteiger partial charge on any atom is 0.405 e. The molecule has 104 valence electrons. The van der Waals surface area contributed by atoms with Gasteiger partial charge in [0, 0.05) is 5.41 Å². The van der Waals surface area contributed by atoms with Crippen LogP contribution in [0.2, 0.25) is 0 Å². The van der Waals surface area contributed by atoms with Crippen LogP contribution in [-0.4, -0.2) is 27.9 Å². The van der Waals surface area contributed by atoms with Crippen molar-refractivity contribution in [3.8, 4) is 0 Å². The second-order valence-electron chi connectivity index (χ2n) is 4.67. The van der Waals surface area contributed by atoms with Crippen LogP contribution in [0.15, 0.2) is 30.3 Å². The number of amides is 1. The van der Waals surface area contributed by atoms with Gasteiger partial charge in [0.15, 0.2) is 10.6 Å². The number of carbonyl (C=O) groups is 2. The minimum atomic E-state index is -1.30. The molecule has 0 spiro atoms. The van der Waals surface area contributed by atoms with Crippen molar-refractivity contribution >= 4 is 35.1 Å². The largest absolute Gasteiger partial charge is 0.465 e. The fourth-order valence-corrected chi connectivity index (χ4v) is 2.14. The van der Waals surface area contributed by atoms with Gasteiger partial charge in [-0.3, -0.25) is 4.79 Å². The van der Waals surface area contributed by atoms with Crippen LogP contribution >= 0.6 is 23.2 Å². The molecule has 0 aromatic heterocycles. The number of carboxylic acid groups (broad SMARTS) is 1. The lowest BCUT2D eigenvalue weighted by Gasteiger charge is -2.34. The van der Waals surface area contributed by atoms with Crippen LogP contribution in [-0.2, 0) is 10.2 Å². The predicted octanol–water partition coefficient (Wildman–Crippen LogP) is 2.97. The van der Waals surface area contributed by atoms with Gasteiger partial charge in [0.2, 0.25) is 0 Å². The maximum absolute atomic E-state index is 12.0. The van der Waals surface area contributed by atoms with Crippen LogP contribution < -0.4 is 5.32 Å². The lowest BCUT2D eigenvalue weighted by Crippen LogP contribution is -2.53. The van der Waals surface area contributed by atoms with Crippen LogP contribution in [0.3, 0.4) is 0 Å². The summed E-state index contributed by atoms with van der Waals surface area (Å²) < 4.78 is 0. The number of carbonyl (C=O) groups excluding carboxylic acids is 1. The third kappa shape index (κ3) is 3.85. The fourth-order valence-electron chi connectivity index (χ4n) is 1.89. The Morgan fingerprint density at radius 2 is 1.74 bits per heavy atom. The third-order valence-corrected chi connectivity index (χ3v) is 3.44. The molecule has 6 heteroatoms. The van der Waals surface area contributed by atoms with Gasteiger partial charge in [0.1, 0.15) is 6.04 Å². The van der Waals surface area contributed by atoms with Crippen molar-refractivity contribution in [1.82, 2.24) is 5.32 Å². The summed E-state index contributed by atoms with van der Waals surface area (Å²) in [7, 11) is 0. The van der Waals surface area contributed by atoms with E-state index >= 15 is 0 Å². The number of nitrogens with one attached hydrogen (secondary N) is 1. The zero-order valence-electron chi connectivity index (χ0n) is 10.6. The van der Waals surface area contributed by atoms with Gasteiger partial charge in [0.25, 0.3) is 0 Å². The quantitative estimate of drug-likeness (QED) is 0.822. The fraction of sp³-hybridized carbons (Fsp3) is 0.385. The molecule has 1 aromatic carbocycles. The summed E-state index contributed by atoms with van der Waals surface area (Å²) in [4.78, 5) is 21.6. The molecule has 0 heterocycles. The summed E-state index contributed by atoms with van der Waals surface area (Å²) in [5.74, 6) is -0.570. The van der Waals surface area contributed by atoms with E-state index in [0.717, 1.165) is 5.56 Å². The molecule has 4 nitrogen and oxygen atoms in total. The van der Waals surface area contributed by atoms with Crippen molar-refractivity contribution in [3.05, 3.63) is 35.9 Å². The van der Waals surface area contributed by atoms with Crippen molar-refractivity contribution < 1.29 is 14.7 Å². The smallest absolute Gasteiger partial charge is 0.405 e. The van der Waals surface area contributed by atoms with Crippen molar-refractivity contribution in [1.29, 1.82) is 0 Å². The van der Waals surface area contributed by atoms with E-state index in [4.69, 9.17) is 28.3 Å². The molecule has 1 amide bonds. The molecule has 0 aliphatic rings. The molecule has 2 N–H and O–H groups in total. The first-order chi connectivity index (χ1) is 8.76. The van der Waals surface area contributed by atoms with E-state index in [1.54, 1.807) is 13.8 Å². The summed E-state index contributed by atoms with van der Waals surface area (Å²) in [5, 5.41) is 11.1. The Kier molecular flexibility index (Phi) is 5.20. The van der Waals surface area contributed by atoms with Gasteiger partial charge in [0.05, 0.1) is 0 Å². The Hall–Kier alpha value is -1.26. The first-order valence-corrected chi connectivity index (χ1v) is 6.51. The number of benzene rings is 1. The van der Waals surface area contributed by atoms with Gasteiger partial charge < -0.3 is 10.4 Å². The summed E-state index contributed by atoms with van der Waals surface area (Å²) in [6, 6.07) is 8.10. The van der Waals surface area contributed by atoms with E-state index in [-0.39, 0.29) is 0 Å². The number of halogens is 2. The molecular formula is C13H15Cl2NO3. The van der Waals surface area contributed by atoms with E-state index < -0.39 is 28.2 Å². The average molecular weight is 304 g/mol. The Morgan fingerprint density at radius 1 is 1.21 bits per heavy atom. The van der Waals surface area contributed by atoms with Crippen molar-refractivity contribution in [2.75, 3.05) is 0 Å². The van der Waals surface area contributed by atoms with Crippen LogP contribution in [0.5, 0.6) is 0 Å². The predicted molar refractivity (Wildman–Crippen MR) is 74.9 cm³/mol. The van der Waals surface area contributed by atoms with Crippen LogP contribution in [0, 0.1) is 0 Å². The SMILES string of the molecule is CC(C)(c1ccccc1)[C@H](NC(=O)O)C(=O)C(Cl)Cl. The molecular weight excluding hydrogens is 289 g/mol. The van der Waals surface area contributed by atoms with Crippen LogP contribution in [0.25, 0.3) is 0 Å². The van der Waals surface area contributed by atoms with Crippen molar-refractivity contribution in [2.24, 2.45) is 0 Å². The summed E-state index contributed by atoms with van der Waals surface area (Å²) >= 11 is 11.2. The normalized spacial score (nSPS) is 13.1. The van der Waals surface area contributed by atoms with E-state index in [0.29, 0.717) is 0 Å². The minimum absolute atomic E-state index is 0.570. The Bertz CT molecular complexity index is 460. The van der Waals surface area contributed by atoms with Gasteiger partial charge >= 0.3 is 6.09 Å². The highest BCUT2D eigenvalue weighted by Crippen LogP contribution is 2.29. The van der Waals surface area contributed by atoms with Gasteiger partial charge in [-0.2, -0.15) is 0 Å². The zero-order valence-corrected chi connectivity index (χ0v) is 12.1. The molecule has 0 aliphatic heterocycles. The molecule has 0 bridgehead atoms. The van der Waals surface area contributed by atoms with Crippen molar-refractivity contribution in [2.45, 2.75) is 30.1 Å². The lowest BCUT2D eigenvalue weighted by atomic mass is 9.76. The standard InChI is InChI=1S/C13H15Cl2NO3/c1-13(2,8-6-4-3-5-7-8)10(16-12(18)19)9(17)11(14)15/h3-7,10-11,16H,1-2H3,(H,18,19)/t10-/m1/s1. The van der Waals surface area contributed by atoms with E-state index in [1.165, 1.54) is 0 Å². The average Bonchev–Trinajstić information content (AvgIpc) is 2.35. The van der Waals surface area contributed by atoms with Crippen LogP contribution in [0.1, 0.15) is 19.4 Å². The summed E-state index contributed by atoms with van der Waals surface area (Å²) in [5.41, 5.74) is 0.0507. The molecule has 0 radical (unpaired) electrons. The number of Topliss-reactive ketones (excluding diaryl/α,β-unsaturated/α-hetero) is 1. The third-order valence-electron chi connectivity index (χ3n) is 3.01. The maximum atomic E-state index is 12.0. The first kappa shape index (κ1) is 15.8. The minimum Gasteiger partial charge on any atom is -0.465 e. The van der Waals surface area contributed by atoms with Crippen LogP contribution in [0.4, 0.5) is 4.79 Å². The van der Waals surface area contributed by atoms with Gasteiger partial charge in [-0.05, 0) is 5.56 Å². The summed E-state index contributed by atoms with van der Waals surface area (Å²) in [6.45, 7) is 3.52. The molecule has 0 fully saturated rings. The Morgan fingerprint density at radius 3 is 2.16 bits per heavy atom. The zero-order chi connectivity index (χ0) is 14.6. The van der Waals surface area contributed by atoms with Crippen molar-refractivity contribution in [3.63, 3.8) is 0 Å². The van der Waals surface area contributed by atoms with Gasteiger partial charge in [-0.25, -0.2) is 4.79 Å². The van der Waals surface area contributed by atoms with E-state index in [2.05, 4.69) is 5.32 Å². The number of hydrogen-bond acceptors (Lipinski definition) is 2. The molecule has 1 atom stereocenters. The highest BCUT2D eigenvalue weighted by atomic mass is 35.5. The van der Waals surface area contributed by atoms with Gasteiger partial charge in [-0.1, -0.05) is 67.4 Å². The second kappa shape index (κ2) is 6.26. The molecule has 1 aromatic rings. The Labute approximate surface area is 121 Å². The molecule has 0 saturated carbocycles. The number of rotatable bonds is 5. The molecule has 0 aliphatic carbocycles. The highest BCUT2D eigenvalue weighted by Gasteiger charge is 2.39. The van der Waals surface area contributed by atoms with Gasteiger partial charge in [-0.15, -0.1) is 0 Å². The number of hydrogen-bond donors (Lipinski definition) is 2. The molecule has 19 heavy (non-hydrogen) atoms. The van der Waals surface area contributed by atoms with E-state index in [9.17, 15) is 9.59 Å². The Balaban J connectivity index is 3.15. The monoisotopic (exact) mass is 303 g/mol. The molecule has 0 saturated heterocycles. The second-order valence-corrected chi connectivity index (χ2v) is 5.77. The number of alkyl halides is 2. The van der Waals surface area contributed by atoms with E-state index in [1.807, 2.05) is 30.3 Å². The first-order valence-electron chi connectivity index (χ1n) is 5.63. The number of ketones is 1. The molecule has 0 unspecified atom stereocenters. The highest BCUT2D eigenvalue weighted by molar-refractivity contribution is 6.54. The lowest BCUT2D eigenvalue weighted by molar-refractivity contribution is -0.120. The topological polar surface area (TPSA) is 66.4 Å².